The van der Waals surface area contributed by atoms with Crippen LogP contribution >= 0.6 is 0 Å². The molecule has 4 rings (SSSR count). The maximum atomic E-state index is 13.7. The monoisotopic (exact) mass is 389 g/mol. The number of rotatable bonds is 5. The lowest BCUT2D eigenvalue weighted by Gasteiger charge is -2.35. The highest BCUT2D eigenvalue weighted by Crippen LogP contribution is 2.36. The van der Waals surface area contributed by atoms with E-state index in [0.717, 1.165) is 18.9 Å². The average molecular weight is 389 g/mol. The Balaban J connectivity index is 1.57. The fourth-order valence-corrected chi connectivity index (χ4v) is 4.12. The lowest BCUT2D eigenvalue weighted by atomic mass is 9.74. The Morgan fingerprint density at radius 1 is 0.862 bits per heavy atom. The summed E-state index contributed by atoms with van der Waals surface area (Å²) in [6.45, 7) is 2.04. The van der Waals surface area contributed by atoms with Gasteiger partial charge in [-0.2, -0.15) is 0 Å². The number of hydrogen-bond donors (Lipinski definition) is 1. The van der Waals surface area contributed by atoms with Crippen molar-refractivity contribution >= 4 is 0 Å². The third-order valence-electron chi connectivity index (χ3n) is 5.84. The largest absolute Gasteiger partial charge is 0.300 e. The van der Waals surface area contributed by atoms with Crippen molar-refractivity contribution in [2.45, 2.75) is 37.3 Å². The molecule has 0 heterocycles. The van der Waals surface area contributed by atoms with E-state index in [-0.39, 0.29) is 17.5 Å². The predicted octanol–water partition coefficient (Wildman–Crippen LogP) is 6.32. The summed E-state index contributed by atoms with van der Waals surface area (Å²) in [6.07, 6.45) is 5.95. The zero-order valence-corrected chi connectivity index (χ0v) is 16.5. The van der Waals surface area contributed by atoms with E-state index in [0.29, 0.717) is 5.56 Å². The molecule has 0 bridgehead atoms. The van der Waals surface area contributed by atoms with Crippen molar-refractivity contribution in [2.24, 2.45) is 0 Å². The second-order valence-corrected chi connectivity index (χ2v) is 8.00. The third kappa shape index (κ3) is 4.46. The Hall–Kier alpha value is -2.78. The van der Waals surface area contributed by atoms with E-state index in [1.165, 1.54) is 23.3 Å². The average Bonchev–Trinajstić information content (AvgIpc) is 2.74. The quantitative estimate of drug-likeness (QED) is 0.504. The van der Waals surface area contributed by atoms with Crippen LogP contribution in [0.5, 0.6) is 0 Å². The van der Waals surface area contributed by atoms with Gasteiger partial charge < -0.3 is 0 Å². The molecule has 0 radical (unpaired) electrons. The van der Waals surface area contributed by atoms with E-state index in [1.54, 1.807) is 0 Å². The summed E-state index contributed by atoms with van der Waals surface area (Å²) >= 11 is 0. The smallest absolute Gasteiger partial charge is 0.126 e. The molecule has 0 aliphatic heterocycles. The van der Waals surface area contributed by atoms with E-state index in [9.17, 15) is 8.78 Å². The van der Waals surface area contributed by atoms with Crippen molar-refractivity contribution in [3.63, 3.8) is 0 Å². The van der Waals surface area contributed by atoms with Crippen LogP contribution in [0.25, 0.3) is 0 Å². The predicted molar refractivity (Wildman–Crippen MR) is 114 cm³/mol. The van der Waals surface area contributed by atoms with Gasteiger partial charge in [0.1, 0.15) is 11.6 Å². The lowest BCUT2D eigenvalue weighted by Crippen LogP contribution is -2.37. The van der Waals surface area contributed by atoms with Gasteiger partial charge in [-0.15, -0.1) is 0 Å². The van der Waals surface area contributed by atoms with Crippen LogP contribution in [0.4, 0.5) is 8.78 Å². The summed E-state index contributed by atoms with van der Waals surface area (Å²) in [5, 5.41) is 3.77. The fourth-order valence-electron chi connectivity index (χ4n) is 4.12. The highest BCUT2D eigenvalue weighted by molar-refractivity contribution is 5.35. The van der Waals surface area contributed by atoms with Crippen molar-refractivity contribution in [3.05, 3.63) is 119 Å². The summed E-state index contributed by atoms with van der Waals surface area (Å²) in [5.74, 6) is -1.05. The van der Waals surface area contributed by atoms with Crippen LogP contribution in [0.1, 0.15) is 42.5 Å². The summed E-state index contributed by atoms with van der Waals surface area (Å²) in [7, 11) is 0. The molecule has 3 aromatic rings. The summed E-state index contributed by atoms with van der Waals surface area (Å²) in [6, 6.07) is 24.9. The molecule has 0 saturated carbocycles. The molecule has 0 fully saturated rings. The summed E-state index contributed by atoms with van der Waals surface area (Å²) < 4.78 is 27.4. The van der Waals surface area contributed by atoms with Crippen molar-refractivity contribution in [1.29, 1.82) is 0 Å². The van der Waals surface area contributed by atoms with Gasteiger partial charge in [-0.1, -0.05) is 79.7 Å². The Labute approximate surface area is 171 Å². The molecule has 1 aliphatic rings. The zero-order valence-electron chi connectivity index (χ0n) is 16.5. The normalized spacial score (nSPS) is 21.4. The number of hydrogen-bond acceptors (Lipinski definition) is 1. The van der Waals surface area contributed by atoms with Crippen LogP contribution in [0.15, 0.2) is 91.0 Å². The van der Waals surface area contributed by atoms with Gasteiger partial charge >= 0.3 is 0 Å². The molecule has 148 valence electrons. The van der Waals surface area contributed by atoms with Crippen molar-refractivity contribution < 1.29 is 8.78 Å². The Morgan fingerprint density at radius 3 is 1.90 bits per heavy atom. The summed E-state index contributed by atoms with van der Waals surface area (Å²) in [4.78, 5) is 0. The minimum absolute atomic E-state index is 0.0861. The van der Waals surface area contributed by atoms with Gasteiger partial charge in [0, 0.05) is 17.5 Å². The minimum atomic E-state index is -0.525. The number of allylic oxidation sites excluding steroid dienone is 1. The molecule has 1 aliphatic carbocycles. The fraction of sp³-hybridized carbons (Fsp3) is 0.231. The molecule has 1 N–H and O–H groups in total. The van der Waals surface area contributed by atoms with Gasteiger partial charge in [-0.25, -0.2) is 8.78 Å². The first-order chi connectivity index (χ1) is 14.0. The van der Waals surface area contributed by atoms with Crippen LogP contribution in [0.2, 0.25) is 0 Å². The van der Waals surface area contributed by atoms with Crippen LogP contribution < -0.4 is 5.32 Å². The van der Waals surface area contributed by atoms with E-state index in [4.69, 9.17) is 0 Å². The lowest BCUT2D eigenvalue weighted by molar-refractivity contribution is 0.409. The van der Waals surface area contributed by atoms with Gasteiger partial charge in [0.25, 0.3) is 0 Å². The number of nitrogens with one attached hydrogen (secondary N) is 1. The Bertz CT molecular complexity index is 924. The van der Waals surface area contributed by atoms with Crippen molar-refractivity contribution in [2.75, 3.05) is 0 Å². The van der Waals surface area contributed by atoms with Crippen molar-refractivity contribution in [1.82, 2.24) is 5.32 Å². The molecule has 0 spiro atoms. The van der Waals surface area contributed by atoms with Crippen molar-refractivity contribution in [3.8, 4) is 0 Å². The minimum Gasteiger partial charge on any atom is -0.300 e. The Kier molecular flexibility index (Phi) is 5.59. The molecule has 3 aromatic carbocycles. The molecule has 0 saturated heterocycles. The molecule has 2 unspecified atom stereocenters. The van der Waals surface area contributed by atoms with Crippen LogP contribution in [0.3, 0.4) is 0 Å². The first-order valence-corrected chi connectivity index (χ1v) is 10.1. The number of benzene rings is 3. The third-order valence-corrected chi connectivity index (χ3v) is 5.84. The van der Waals surface area contributed by atoms with E-state index < -0.39 is 11.6 Å². The number of halogens is 2. The van der Waals surface area contributed by atoms with Gasteiger partial charge in [0.15, 0.2) is 0 Å². The molecule has 0 amide bonds. The molecular weight excluding hydrogens is 364 g/mol. The van der Waals surface area contributed by atoms with Crippen LogP contribution in [0, 0.1) is 11.6 Å². The first kappa shape index (κ1) is 19.5. The standard InChI is InChI=1S/C26H25F2N/c1-26(21-16-22(27)18-23(28)17-21)14-12-24(13-15-26)29-25(19-8-4-2-5-9-19)20-10-6-3-7-11-20/h2-12,14,16-18,24-25,29H,13,15H2,1H3. The molecule has 1 nitrogen and oxygen atoms in total. The maximum Gasteiger partial charge on any atom is 0.126 e. The van der Waals surface area contributed by atoms with Gasteiger partial charge in [-0.05, 0) is 41.7 Å². The second kappa shape index (κ2) is 8.30. The van der Waals surface area contributed by atoms with E-state index in [1.807, 2.05) is 19.1 Å². The SMILES string of the molecule is CC1(c2cc(F)cc(F)c2)C=CC(NC(c2ccccc2)c2ccccc2)CC1. The van der Waals surface area contributed by atoms with Gasteiger partial charge in [0.2, 0.25) is 0 Å². The molecule has 3 heteroatoms. The van der Waals surface area contributed by atoms with E-state index >= 15 is 0 Å². The zero-order chi connectivity index (χ0) is 20.3. The highest BCUT2D eigenvalue weighted by atomic mass is 19.1. The molecule has 29 heavy (non-hydrogen) atoms. The molecule has 2 atom stereocenters. The second-order valence-electron chi connectivity index (χ2n) is 8.00. The van der Waals surface area contributed by atoms with Gasteiger partial charge in [0.05, 0.1) is 6.04 Å². The molecular formula is C26H25F2N. The summed E-state index contributed by atoms with van der Waals surface area (Å²) in [5.41, 5.74) is 2.75. The Morgan fingerprint density at radius 2 is 1.41 bits per heavy atom. The van der Waals surface area contributed by atoms with E-state index in [2.05, 4.69) is 66.0 Å². The van der Waals surface area contributed by atoms with Crippen LogP contribution in [-0.4, -0.2) is 6.04 Å². The highest BCUT2D eigenvalue weighted by Gasteiger charge is 2.30. The first-order valence-electron chi connectivity index (χ1n) is 10.1. The topological polar surface area (TPSA) is 12.0 Å². The maximum absolute atomic E-state index is 13.7. The van der Waals surface area contributed by atoms with Gasteiger partial charge in [-0.3, -0.25) is 5.32 Å². The molecule has 0 aromatic heterocycles. The van der Waals surface area contributed by atoms with Crippen LogP contribution in [-0.2, 0) is 5.41 Å².